The molecule has 0 bridgehead atoms. The first-order chi connectivity index (χ1) is 10.6. The molecule has 1 amide bonds. The van der Waals surface area contributed by atoms with Gasteiger partial charge in [-0.2, -0.15) is 0 Å². The summed E-state index contributed by atoms with van der Waals surface area (Å²) in [5.74, 6) is -0.283. The topological polar surface area (TPSA) is 45.2 Å². The number of hydrogen-bond acceptors (Lipinski definition) is 3. The lowest BCUT2D eigenvalue weighted by molar-refractivity contribution is 0.0737. The molecule has 116 valence electrons. The average Bonchev–Trinajstić information content (AvgIpc) is 2.54. The predicted molar refractivity (Wildman–Crippen MR) is 84.6 cm³/mol. The molecule has 0 unspecified atom stereocenters. The van der Waals surface area contributed by atoms with E-state index in [0.717, 1.165) is 18.8 Å². The van der Waals surface area contributed by atoms with E-state index >= 15 is 0 Å². The fourth-order valence-corrected chi connectivity index (χ4v) is 2.74. The second-order valence-electron chi connectivity index (χ2n) is 5.93. The van der Waals surface area contributed by atoms with Gasteiger partial charge in [-0.1, -0.05) is 26.0 Å². The van der Waals surface area contributed by atoms with E-state index in [-0.39, 0.29) is 23.2 Å². The average molecular weight is 301 g/mol. The molecule has 1 saturated heterocycles. The third-order valence-corrected chi connectivity index (χ3v) is 4.04. The minimum Gasteiger partial charge on any atom is -0.336 e. The summed E-state index contributed by atoms with van der Waals surface area (Å²) in [5, 5.41) is 3.82. The molecule has 1 N–H and O–H groups in total. The van der Waals surface area contributed by atoms with Gasteiger partial charge in [0.05, 0.1) is 5.56 Å². The molecule has 1 aromatic heterocycles. The second-order valence-corrected chi connectivity index (χ2v) is 5.93. The summed E-state index contributed by atoms with van der Waals surface area (Å²) in [6, 6.07) is 6.60. The van der Waals surface area contributed by atoms with Gasteiger partial charge < -0.3 is 10.2 Å². The predicted octanol–water partition coefficient (Wildman–Crippen LogP) is 2.54. The lowest BCUT2D eigenvalue weighted by Gasteiger charge is -2.28. The second kappa shape index (κ2) is 6.01. The van der Waals surface area contributed by atoms with E-state index in [4.69, 9.17) is 0 Å². The molecular weight excluding hydrogens is 281 g/mol. The quantitative estimate of drug-likeness (QED) is 0.927. The molecule has 0 saturated carbocycles. The van der Waals surface area contributed by atoms with Gasteiger partial charge in [0.2, 0.25) is 0 Å². The number of carbonyl (C=O) groups is 1. The molecule has 3 rings (SSSR count). The summed E-state index contributed by atoms with van der Waals surface area (Å²) in [6.07, 6.45) is 0. The van der Waals surface area contributed by atoms with Crippen LogP contribution in [0.3, 0.4) is 0 Å². The van der Waals surface area contributed by atoms with Crippen molar-refractivity contribution in [2.24, 2.45) is 0 Å². The molecule has 0 aliphatic carbocycles. The molecule has 1 aliphatic rings. The Labute approximate surface area is 129 Å². The highest BCUT2D eigenvalue weighted by atomic mass is 19.1. The van der Waals surface area contributed by atoms with E-state index < -0.39 is 0 Å². The lowest BCUT2D eigenvalue weighted by Crippen LogP contribution is -2.46. The van der Waals surface area contributed by atoms with Crippen molar-refractivity contribution >= 4 is 16.8 Å². The Balaban J connectivity index is 2.14. The van der Waals surface area contributed by atoms with E-state index in [1.165, 1.54) is 6.07 Å². The van der Waals surface area contributed by atoms with Crippen molar-refractivity contribution < 1.29 is 9.18 Å². The molecule has 22 heavy (non-hydrogen) atoms. The Bertz CT molecular complexity index is 708. The van der Waals surface area contributed by atoms with Gasteiger partial charge in [-0.25, -0.2) is 9.37 Å². The van der Waals surface area contributed by atoms with Crippen LogP contribution in [0.25, 0.3) is 10.9 Å². The number of fused-ring (bicyclic) bond motifs is 1. The summed E-state index contributed by atoms with van der Waals surface area (Å²) in [4.78, 5) is 19.1. The highest BCUT2D eigenvalue weighted by molar-refractivity contribution is 6.06. The summed E-state index contributed by atoms with van der Waals surface area (Å²) >= 11 is 0. The van der Waals surface area contributed by atoms with Crippen LogP contribution in [0.4, 0.5) is 4.39 Å². The Hall–Kier alpha value is -2.01. The number of hydrogen-bond donors (Lipinski definition) is 1. The van der Waals surface area contributed by atoms with Crippen LogP contribution in [-0.2, 0) is 0 Å². The zero-order valence-corrected chi connectivity index (χ0v) is 12.9. The number of benzene rings is 1. The third-order valence-electron chi connectivity index (χ3n) is 4.04. The SMILES string of the molecule is CC(C)c1cc(C(=O)N2CCNCC2)c2cccc(F)c2n1. The number of halogens is 1. The number of nitrogens with zero attached hydrogens (tertiary/aromatic N) is 2. The van der Waals surface area contributed by atoms with Crippen molar-refractivity contribution in [3.63, 3.8) is 0 Å². The third kappa shape index (κ3) is 2.68. The Kier molecular flexibility index (Phi) is 4.07. The van der Waals surface area contributed by atoms with Crippen LogP contribution in [0.15, 0.2) is 24.3 Å². The summed E-state index contributed by atoms with van der Waals surface area (Å²) in [7, 11) is 0. The van der Waals surface area contributed by atoms with E-state index in [0.29, 0.717) is 24.0 Å². The van der Waals surface area contributed by atoms with Crippen LogP contribution in [0, 0.1) is 5.82 Å². The minimum absolute atomic E-state index is 0.0404. The molecule has 2 aromatic rings. The van der Waals surface area contributed by atoms with Gasteiger partial charge in [0.15, 0.2) is 0 Å². The molecular formula is C17H20FN3O. The van der Waals surface area contributed by atoms with Crippen molar-refractivity contribution in [2.75, 3.05) is 26.2 Å². The normalized spacial score (nSPS) is 15.5. The van der Waals surface area contributed by atoms with Gasteiger partial charge in [0.1, 0.15) is 11.3 Å². The minimum atomic E-state index is -0.380. The maximum atomic E-state index is 14.1. The number of pyridine rings is 1. The van der Waals surface area contributed by atoms with Gasteiger partial charge in [-0.05, 0) is 18.1 Å². The van der Waals surface area contributed by atoms with E-state index in [2.05, 4.69) is 10.3 Å². The van der Waals surface area contributed by atoms with Crippen LogP contribution < -0.4 is 5.32 Å². The van der Waals surface area contributed by atoms with Crippen molar-refractivity contribution in [2.45, 2.75) is 19.8 Å². The van der Waals surface area contributed by atoms with Gasteiger partial charge >= 0.3 is 0 Å². The van der Waals surface area contributed by atoms with Gasteiger partial charge in [-0.3, -0.25) is 4.79 Å². The lowest BCUT2D eigenvalue weighted by atomic mass is 10.0. The van der Waals surface area contributed by atoms with Gasteiger partial charge in [0, 0.05) is 37.3 Å². The summed E-state index contributed by atoms with van der Waals surface area (Å²) in [5.41, 5.74) is 1.58. The number of amides is 1. The summed E-state index contributed by atoms with van der Waals surface area (Å²) in [6.45, 7) is 6.92. The smallest absolute Gasteiger partial charge is 0.254 e. The largest absolute Gasteiger partial charge is 0.336 e. The van der Waals surface area contributed by atoms with Crippen molar-refractivity contribution in [1.82, 2.24) is 15.2 Å². The Morgan fingerprint density at radius 3 is 2.73 bits per heavy atom. The number of rotatable bonds is 2. The number of para-hydroxylation sites is 1. The zero-order valence-electron chi connectivity index (χ0n) is 12.9. The highest BCUT2D eigenvalue weighted by Crippen LogP contribution is 2.25. The van der Waals surface area contributed by atoms with Crippen LogP contribution in [0.1, 0.15) is 35.8 Å². The van der Waals surface area contributed by atoms with Gasteiger partial charge in [0.25, 0.3) is 5.91 Å². The number of carbonyl (C=O) groups excluding carboxylic acids is 1. The number of piperazine rings is 1. The molecule has 0 spiro atoms. The number of aromatic nitrogens is 1. The Morgan fingerprint density at radius 2 is 2.05 bits per heavy atom. The Morgan fingerprint density at radius 1 is 1.32 bits per heavy atom. The van der Waals surface area contributed by atoms with Gasteiger partial charge in [-0.15, -0.1) is 0 Å². The first-order valence-corrected chi connectivity index (χ1v) is 7.67. The van der Waals surface area contributed by atoms with Crippen LogP contribution in [0.5, 0.6) is 0 Å². The fraction of sp³-hybridized carbons (Fsp3) is 0.412. The molecule has 1 fully saturated rings. The van der Waals surface area contributed by atoms with E-state index in [1.54, 1.807) is 12.1 Å². The monoisotopic (exact) mass is 301 g/mol. The standard InChI is InChI=1S/C17H20FN3O/c1-11(2)15-10-13(17(22)21-8-6-19-7-9-21)12-4-3-5-14(18)16(12)20-15/h3-5,10-11,19H,6-9H2,1-2H3. The zero-order chi connectivity index (χ0) is 15.7. The van der Waals surface area contributed by atoms with E-state index in [1.807, 2.05) is 24.8 Å². The molecule has 5 heteroatoms. The summed E-state index contributed by atoms with van der Waals surface area (Å²) < 4.78 is 14.1. The maximum absolute atomic E-state index is 14.1. The van der Waals surface area contributed by atoms with Crippen LogP contribution in [0.2, 0.25) is 0 Å². The molecule has 0 atom stereocenters. The molecule has 0 radical (unpaired) electrons. The molecule has 4 nitrogen and oxygen atoms in total. The van der Waals surface area contributed by atoms with Crippen LogP contribution >= 0.6 is 0 Å². The molecule has 1 aliphatic heterocycles. The maximum Gasteiger partial charge on any atom is 0.254 e. The van der Waals surface area contributed by atoms with Crippen molar-refractivity contribution in [1.29, 1.82) is 0 Å². The van der Waals surface area contributed by atoms with Crippen molar-refractivity contribution in [3.05, 3.63) is 41.3 Å². The molecule has 1 aromatic carbocycles. The molecule has 2 heterocycles. The first-order valence-electron chi connectivity index (χ1n) is 7.67. The van der Waals surface area contributed by atoms with E-state index in [9.17, 15) is 9.18 Å². The van der Waals surface area contributed by atoms with Crippen molar-refractivity contribution in [3.8, 4) is 0 Å². The first kappa shape index (κ1) is 14.9. The highest BCUT2D eigenvalue weighted by Gasteiger charge is 2.22. The van der Waals surface area contributed by atoms with Crippen LogP contribution in [-0.4, -0.2) is 42.0 Å². The number of nitrogens with one attached hydrogen (secondary N) is 1. The fourth-order valence-electron chi connectivity index (χ4n) is 2.74.